The Bertz CT molecular complexity index is 192. The number of hydrogen-bond acceptors (Lipinski definition) is 2. The smallest absolute Gasteiger partial charge is 0.0514 e. The molecular formula is C15H31NO. The summed E-state index contributed by atoms with van der Waals surface area (Å²) < 4.78 is 5.62. The van der Waals surface area contributed by atoms with E-state index in [9.17, 15) is 0 Å². The van der Waals surface area contributed by atoms with Gasteiger partial charge in [0, 0.05) is 6.61 Å². The van der Waals surface area contributed by atoms with Gasteiger partial charge in [-0.15, -0.1) is 0 Å². The van der Waals surface area contributed by atoms with Gasteiger partial charge >= 0.3 is 0 Å². The molecular weight excluding hydrogens is 210 g/mol. The predicted molar refractivity (Wildman–Crippen MR) is 76.4 cm³/mol. The first kappa shape index (κ1) is 16.7. The summed E-state index contributed by atoms with van der Waals surface area (Å²) >= 11 is 0. The number of unbranched alkanes of at least 4 members (excludes halogenated alkanes) is 2. The van der Waals surface area contributed by atoms with Crippen molar-refractivity contribution < 1.29 is 4.74 Å². The van der Waals surface area contributed by atoms with Crippen LogP contribution in [-0.4, -0.2) is 38.8 Å². The predicted octanol–water partition coefficient (Wildman–Crippen LogP) is 3.73. The number of allylic oxidation sites excluding steroid dienone is 2. The third kappa shape index (κ3) is 15.7. The van der Waals surface area contributed by atoms with Gasteiger partial charge in [0.25, 0.3) is 0 Å². The number of ether oxygens (including phenoxy) is 1. The van der Waals surface area contributed by atoms with Gasteiger partial charge in [-0.05, 0) is 51.7 Å². The van der Waals surface area contributed by atoms with Crippen molar-refractivity contribution in [1.82, 2.24) is 4.90 Å². The van der Waals surface area contributed by atoms with Crippen molar-refractivity contribution in [1.29, 1.82) is 0 Å². The fourth-order valence-electron chi connectivity index (χ4n) is 1.44. The average Bonchev–Trinajstić information content (AvgIpc) is 2.18. The summed E-state index contributed by atoms with van der Waals surface area (Å²) in [5.41, 5.74) is 0.294. The van der Waals surface area contributed by atoms with E-state index < -0.39 is 0 Å². The summed E-state index contributed by atoms with van der Waals surface area (Å²) in [6.45, 7) is 9.55. The van der Waals surface area contributed by atoms with Crippen LogP contribution in [0.1, 0.15) is 46.5 Å². The zero-order valence-corrected chi connectivity index (χ0v) is 12.5. The highest BCUT2D eigenvalue weighted by atomic mass is 16.5. The summed E-state index contributed by atoms with van der Waals surface area (Å²) in [6.07, 6.45) is 9.32. The van der Waals surface area contributed by atoms with Crippen LogP contribution in [-0.2, 0) is 4.74 Å². The van der Waals surface area contributed by atoms with Gasteiger partial charge in [-0.25, -0.2) is 0 Å². The molecule has 0 saturated heterocycles. The van der Waals surface area contributed by atoms with E-state index in [0.717, 1.165) is 26.1 Å². The van der Waals surface area contributed by atoms with Crippen molar-refractivity contribution in [3.63, 3.8) is 0 Å². The Labute approximate surface area is 108 Å². The molecule has 0 aliphatic heterocycles. The molecule has 0 fully saturated rings. The van der Waals surface area contributed by atoms with Crippen LogP contribution in [0, 0.1) is 5.41 Å². The first-order chi connectivity index (χ1) is 7.92. The van der Waals surface area contributed by atoms with Crippen molar-refractivity contribution >= 4 is 0 Å². The number of rotatable bonds is 9. The molecule has 0 spiro atoms. The van der Waals surface area contributed by atoms with E-state index in [1.54, 1.807) is 0 Å². The second-order valence-electron chi connectivity index (χ2n) is 6.17. The molecule has 0 aliphatic carbocycles. The van der Waals surface area contributed by atoms with Gasteiger partial charge in [0.2, 0.25) is 0 Å². The molecule has 0 N–H and O–H groups in total. The maximum Gasteiger partial charge on any atom is 0.0514 e. The third-order valence-corrected chi connectivity index (χ3v) is 2.34. The summed E-state index contributed by atoms with van der Waals surface area (Å²) in [5, 5.41) is 0. The first-order valence-corrected chi connectivity index (χ1v) is 6.79. The van der Waals surface area contributed by atoms with E-state index in [1.807, 2.05) is 0 Å². The maximum atomic E-state index is 5.62. The number of nitrogens with zero attached hydrogens (tertiary/aromatic N) is 1. The molecule has 0 aromatic rings. The zero-order chi connectivity index (χ0) is 13.1. The molecule has 0 rings (SSSR count). The van der Waals surface area contributed by atoms with E-state index in [-0.39, 0.29) is 0 Å². The summed E-state index contributed by atoms with van der Waals surface area (Å²) in [6, 6.07) is 0. The van der Waals surface area contributed by atoms with Crippen molar-refractivity contribution in [3.8, 4) is 0 Å². The monoisotopic (exact) mass is 241 g/mol. The topological polar surface area (TPSA) is 12.5 Å². The van der Waals surface area contributed by atoms with E-state index in [1.165, 1.54) is 19.4 Å². The largest absolute Gasteiger partial charge is 0.381 e. The van der Waals surface area contributed by atoms with Crippen LogP contribution in [0.2, 0.25) is 0 Å². The van der Waals surface area contributed by atoms with Crippen molar-refractivity contribution in [2.75, 3.05) is 33.9 Å². The Morgan fingerprint density at radius 3 is 2.12 bits per heavy atom. The highest BCUT2D eigenvalue weighted by Gasteiger charge is 2.08. The molecule has 0 unspecified atom stereocenters. The van der Waals surface area contributed by atoms with Crippen LogP contribution >= 0.6 is 0 Å². The summed E-state index contributed by atoms with van der Waals surface area (Å²) in [4.78, 5) is 2.23. The van der Waals surface area contributed by atoms with Gasteiger partial charge in [-0.3, -0.25) is 0 Å². The molecule has 0 atom stereocenters. The Balaban J connectivity index is 3.20. The SMILES string of the molecule is CN(C)CCC/C=C\CCCOCC(C)(C)C. The first-order valence-electron chi connectivity index (χ1n) is 6.79. The zero-order valence-electron chi connectivity index (χ0n) is 12.5. The van der Waals surface area contributed by atoms with Crippen molar-refractivity contribution in [3.05, 3.63) is 12.2 Å². The van der Waals surface area contributed by atoms with E-state index in [2.05, 4.69) is 51.9 Å². The highest BCUT2D eigenvalue weighted by molar-refractivity contribution is 4.81. The maximum absolute atomic E-state index is 5.62. The Hall–Kier alpha value is -0.340. The lowest BCUT2D eigenvalue weighted by Gasteiger charge is -2.17. The second-order valence-corrected chi connectivity index (χ2v) is 6.17. The van der Waals surface area contributed by atoms with Crippen LogP contribution in [0.4, 0.5) is 0 Å². The fourth-order valence-corrected chi connectivity index (χ4v) is 1.44. The van der Waals surface area contributed by atoms with Gasteiger partial charge in [-0.2, -0.15) is 0 Å². The normalized spacial score (nSPS) is 12.8. The molecule has 0 bridgehead atoms. The van der Waals surface area contributed by atoms with Crippen molar-refractivity contribution in [2.45, 2.75) is 46.5 Å². The van der Waals surface area contributed by atoms with E-state index >= 15 is 0 Å². The van der Waals surface area contributed by atoms with Crippen LogP contribution in [0.15, 0.2) is 12.2 Å². The standard InChI is InChI=1S/C15H31NO/c1-15(2,3)14-17-13-11-9-7-6-8-10-12-16(4)5/h6-7H,8-14H2,1-5H3/b7-6-. The highest BCUT2D eigenvalue weighted by Crippen LogP contribution is 2.12. The summed E-state index contributed by atoms with van der Waals surface area (Å²) in [7, 11) is 4.24. The molecule has 17 heavy (non-hydrogen) atoms. The summed E-state index contributed by atoms with van der Waals surface area (Å²) in [5.74, 6) is 0. The van der Waals surface area contributed by atoms with E-state index in [4.69, 9.17) is 4.74 Å². The minimum Gasteiger partial charge on any atom is -0.381 e. The van der Waals surface area contributed by atoms with Gasteiger partial charge < -0.3 is 9.64 Å². The average molecular weight is 241 g/mol. The number of hydrogen-bond donors (Lipinski definition) is 0. The van der Waals surface area contributed by atoms with Crippen LogP contribution in [0.5, 0.6) is 0 Å². The lowest BCUT2D eigenvalue weighted by atomic mass is 9.99. The molecule has 0 amide bonds. The molecule has 0 aromatic carbocycles. The molecule has 0 heterocycles. The quantitative estimate of drug-likeness (QED) is 0.450. The van der Waals surface area contributed by atoms with Gasteiger partial charge in [0.1, 0.15) is 0 Å². The molecule has 2 nitrogen and oxygen atoms in total. The van der Waals surface area contributed by atoms with Crippen LogP contribution < -0.4 is 0 Å². The third-order valence-electron chi connectivity index (χ3n) is 2.34. The molecule has 0 saturated carbocycles. The fraction of sp³-hybridized carbons (Fsp3) is 0.867. The van der Waals surface area contributed by atoms with Gasteiger partial charge in [-0.1, -0.05) is 32.9 Å². The minimum absolute atomic E-state index is 0.294. The minimum atomic E-state index is 0.294. The lowest BCUT2D eigenvalue weighted by molar-refractivity contribution is 0.0701. The molecule has 0 aromatic heterocycles. The van der Waals surface area contributed by atoms with Crippen LogP contribution in [0.25, 0.3) is 0 Å². The van der Waals surface area contributed by atoms with Gasteiger partial charge in [0.15, 0.2) is 0 Å². The Kier molecular flexibility index (Phi) is 9.47. The van der Waals surface area contributed by atoms with Crippen LogP contribution in [0.3, 0.4) is 0 Å². The molecule has 102 valence electrons. The molecule has 0 radical (unpaired) electrons. The molecule has 0 aliphatic rings. The Morgan fingerprint density at radius 1 is 1.00 bits per heavy atom. The van der Waals surface area contributed by atoms with Gasteiger partial charge in [0.05, 0.1) is 6.61 Å². The van der Waals surface area contributed by atoms with E-state index in [0.29, 0.717) is 5.41 Å². The second kappa shape index (κ2) is 9.67. The lowest BCUT2D eigenvalue weighted by Crippen LogP contribution is -2.14. The Morgan fingerprint density at radius 2 is 1.59 bits per heavy atom. The van der Waals surface area contributed by atoms with Crippen molar-refractivity contribution in [2.24, 2.45) is 5.41 Å². The molecule has 2 heteroatoms.